The lowest BCUT2D eigenvalue weighted by Crippen LogP contribution is -2.41. The number of nitrogens with one attached hydrogen (secondary N) is 1. The van der Waals surface area contributed by atoms with E-state index in [0.717, 1.165) is 13.1 Å². The van der Waals surface area contributed by atoms with E-state index in [0.29, 0.717) is 11.8 Å². The van der Waals surface area contributed by atoms with Crippen molar-refractivity contribution in [3.8, 4) is 0 Å². The van der Waals surface area contributed by atoms with Crippen LogP contribution in [0.4, 0.5) is 0 Å². The molecular weight excluding hydrogens is 214 g/mol. The molecule has 2 rings (SSSR count). The molecule has 3 heteroatoms. The molecule has 0 aromatic carbocycles. The average molecular weight is 239 g/mol. The molecule has 1 saturated carbocycles. The van der Waals surface area contributed by atoms with Crippen LogP contribution < -0.4 is 5.32 Å². The Balaban J connectivity index is 2.02. The van der Waals surface area contributed by atoms with E-state index in [-0.39, 0.29) is 11.9 Å². The third-order valence-corrected chi connectivity index (χ3v) is 4.47. The largest absolute Gasteiger partial charge is 0.469 e. The van der Waals surface area contributed by atoms with Crippen molar-refractivity contribution in [2.75, 3.05) is 20.2 Å². The molecule has 1 heterocycles. The highest BCUT2D eigenvalue weighted by Crippen LogP contribution is 2.36. The molecule has 1 saturated heterocycles. The molecule has 98 valence electrons. The first-order valence-corrected chi connectivity index (χ1v) is 7.11. The summed E-state index contributed by atoms with van der Waals surface area (Å²) in [5.41, 5.74) is 0. The minimum atomic E-state index is 0.0330. The van der Waals surface area contributed by atoms with E-state index in [2.05, 4.69) is 5.32 Å². The number of esters is 1. The van der Waals surface area contributed by atoms with E-state index in [1.807, 2.05) is 0 Å². The van der Waals surface area contributed by atoms with Crippen molar-refractivity contribution >= 4 is 5.97 Å². The predicted octanol–water partition coefficient (Wildman–Crippen LogP) is 2.36. The van der Waals surface area contributed by atoms with Gasteiger partial charge in [0.25, 0.3) is 0 Å². The number of rotatable bonds is 3. The molecule has 2 aliphatic rings. The van der Waals surface area contributed by atoms with E-state index in [1.165, 1.54) is 52.1 Å². The third-order valence-electron chi connectivity index (χ3n) is 4.47. The Morgan fingerprint density at radius 3 is 2.41 bits per heavy atom. The molecule has 2 unspecified atom stereocenters. The van der Waals surface area contributed by atoms with E-state index in [1.54, 1.807) is 0 Å². The fourth-order valence-electron chi connectivity index (χ4n) is 3.58. The van der Waals surface area contributed by atoms with Gasteiger partial charge in [0.05, 0.1) is 13.0 Å². The smallest absolute Gasteiger partial charge is 0.309 e. The van der Waals surface area contributed by atoms with Crippen LogP contribution >= 0.6 is 0 Å². The van der Waals surface area contributed by atoms with Crippen molar-refractivity contribution in [2.24, 2.45) is 17.8 Å². The zero-order valence-corrected chi connectivity index (χ0v) is 10.9. The second-order valence-corrected chi connectivity index (χ2v) is 5.55. The Bertz CT molecular complexity index is 225. The Labute approximate surface area is 104 Å². The number of hydrogen-bond donors (Lipinski definition) is 1. The fraction of sp³-hybridized carbons (Fsp3) is 0.929. The molecule has 1 aliphatic heterocycles. The van der Waals surface area contributed by atoms with Crippen LogP contribution in [0.3, 0.4) is 0 Å². The molecule has 17 heavy (non-hydrogen) atoms. The van der Waals surface area contributed by atoms with E-state index < -0.39 is 0 Å². The molecule has 1 aliphatic carbocycles. The Morgan fingerprint density at radius 1 is 1.12 bits per heavy atom. The third kappa shape index (κ3) is 3.21. The Kier molecular flexibility index (Phi) is 4.84. The number of methoxy groups -OCH3 is 1. The van der Waals surface area contributed by atoms with Crippen LogP contribution in [-0.2, 0) is 9.53 Å². The summed E-state index contributed by atoms with van der Waals surface area (Å²) < 4.78 is 5.05. The van der Waals surface area contributed by atoms with Crippen molar-refractivity contribution in [3.05, 3.63) is 0 Å². The molecule has 0 radical (unpaired) electrons. The van der Waals surface area contributed by atoms with Gasteiger partial charge in [0, 0.05) is 0 Å². The van der Waals surface area contributed by atoms with Crippen LogP contribution in [-0.4, -0.2) is 26.2 Å². The Hall–Kier alpha value is -0.570. The minimum absolute atomic E-state index is 0.0330. The zero-order chi connectivity index (χ0) is 12.1. The number of hydrogen-bond acceptors (Lipinski definition) is 3. The van der Waals surface area contributed by atoms with E-state index in [9.17, 15) is 4.79 Å². The number of ether oxygens (including phenoxy) is 1. The van der Waals surface area contributed by atoms with Gasteiger partial charge in [0.1, 0.15) is 0 Å². The van der Waals surface area contributed by atoms with E-state index in [4.69, 9.17) is 4.74 Å². The topological polar surface area (TPSA) is 38.3 Å². The summed E-state index contributed by atoms with van der Waals surface area (Å²) >= 11 is 0. The summed E-state index contributed by atoms with van der Waals surface area (Å²) in [5.74, 6) is 1.25. The molecule has 0 bridgehead atoms. The fourth-order valence-corrected chi connectivity index (χ4v) is 3.58. The molecule has 0 spiro atoms. The standard InChI is InChI=1S/C14H25NO2/c1-17-14(16)13(11-6-3-2-4-7-11)12-8-5-9-15-10-12/h11-13,15H,2-10H2,1H3. The van der Waals surface area contributed by atoms with Gasteiger partial charge >= 0.3 is 5.97 Å². The maximum absolute atomic E-state index is 12.1. The van der Waals surface area contributed by atoms with Crippen LogP contribution in [0.25, 0.3) is 0 Å². The van der Waals surface area contributed by atoms with Crippen LogP contribution in [0.2, 0.25) is 0 Å². The lowest BCUT2D eigenvalue weighted by molar-refractivity contribution is -0.150. The number of carbonyl (C=O) groups is 1. The van der Waals surface area contributed by atoms with Gasteiger partial charge in [-0.25, -0.2) is 0 Å². The lowest BCUT2D eigenvalue weighted by Gasteiger charge is -2.36. The summed E-state index contributed by atoms with van der Waals surface area (Å²) in [7, 11) is 1.54. The second kappa shape index (κ2) is 6.39. The van der Waals surface area contributed by atoms with Crippen LogP contribution in [0.5, 0.6) is 0 Å². The SMILES string of the molecule is COC(=O)C(C1CCCCC1)C1CCCNC1. The summed E-state index contributed by atoms with van der Waals surface area (Å²) in [5, 5.41) is 3.43. The van der Waals surface area contributed by atoms with Crippen molar-refractivity contribution < 1.29 is 9.53 Å². The van der Waals surface area contributed by atoms with Gasteiger partial charge < -0.3 is 10.1 Å². The predicted molar refractivity (Wildman–Crippen MR) is 67.7 cm³/mol. The zero-order valence-electron chi connectivity index (χ0n) is 10.9. The number of piperidine rings is 1. The van der Waals surface area contributed by atoms with Crippen molar-refractivity contribution in [2.45, 2.75) is 44.9 Å². The molecule has 0 aromatic heterocycles. The second-order valence-electron chi connectivity index (χ2n) is 5.55. The minimum Gasteiger partial charge on any atom is -0.469 e. The first-order chi connectivity index (χ1) is 8.33. The van der Waals surface area contributed by atoms with Gasteiger partial charge in [0.15, 0.2) is 0 Å². The molecule has 0 aromatic rings. The lowest BCUT2D eigenvalue weighted by atomic mass is 9.72. The monoisotopic (exact) mass is 239 g/mol. The highest BCUT2D eigenvalue weighted by molar-refractivity contribution is 5.73. The first kappa shape index (κ1) is 12.9. The molecule has 0 amide bonds. The summed E-state index contributed by atoms with van der Waals surface area (Å²) in [6, 6.07) is 0. The highest BCUT2D eigenvalue weighted by atomic mass is 16.5. The van der Waals surface area contributed by atoms with Gasteiger partial charge in [-0.1, -0.05) is 19.3 Å². The molecule has 3 nitrogen and oxygen atoms in total. The summed E-state index contributed by atoms with van der Waals surface area (Å²) in [6.45, 7) is 2.10. The Morgan fingerprint density at radius 2 is 1.82 bits per heavy atom. The molecule has 2 atom stereocenters. The summed E-state index contributed by atoms with van der Waals surface area (Å²) in [6.07, 6.45) is 8.74. The van der Waals surface area contributed by atoms with Gasteiger partial charge in [-0.15, -0.1) is 0 Å². The van der Waals surface area contributed by atoms with Gasteiger partial charge in [-0.3, -0.25) is 4.79 Å². The molecule has 2 fully saturated rings. The van der Waals surface area contributed by atoms with Crippen LogP contribution in [0.1, 0.15) is 44.9 Å². The molecule has 1 N–H and O–H groups in total. The van der Waals surface area contributed by atoms with Crippen LogP contribution in [0.15, 0.2) is 0 Å². The van der Waals surface area contributed by atoms with Crippen molar-refractivity contribution in [3.63, 3.8) is 0 Å². The summed E-state index contributed by atoms with van der Waals surface area (Å²) in [4.78, 5) is 12.1. The van der Waals surface area contributed by atoms with Crippen molar-refractivity contribution in [1.29, 1.82) is 0 Å². The number of carbonyl (C=O) groups excluding carboxylic acids is 1. The van der Waals surface area contributed by atoms with E-state index >= 15 is 0 Å². The first-order valence-electron chi connectivity index (χ1n) is 7.11. The maximum Gasteiger partial charge on any atom is 0.309 e. The maximum atomic E-state index is 12.1. The highest BCUT2D eigenvalue weighted by Gasteiger charge is 2.37. The van der Waals surface area contributed by atoms with Gasteiger partial charge in [-0.2, -0.15) is 0 Å². The average Bonchev–Trinajstić information content (AvgIpc) is 2.41. The van der Waals surface area contributed by atoms with Crippen molar-refractivity contribution in [1.82, 2.24) is 5.32 Å². The molecular formula is C14H25NO2. The quantitative estimate of drug-likeness (QED) is 0.768. The van der Waals surface area contributed by atoms with Gasteiger partial charge in [0.2, 0.25) is 0 Å². The van der Waals surface area contributed by atoms with Gasteiger partial charge in [-0.05, 0) is 50.6 Å². The normalized spacial score (nSPS) is 28.6. The van der Waals surface area contributed by atoms with Crippen LogP contribution in [0, 0.1) is 17.8 Å².